The number of benzene rings is 1. The zero-order valence-electron chi connectivity index (χ0n) is 9.72. The van der Waals surface area contributed by atoms with E-state index in [-0.39, 0.29) is 5.91 Å². The standard InChI is InChI=1S/C13H9BrN4O/c14-9-3-4-10(12-8(9)2-1-6-15-12)17-13(19)11-5-7-16-18-11/h1-7H,(H,16,18)(H,17,19). The molecule has 1 amide bonds. The van der Waals surface area contributed by atoms with Crippen LogP contribution < -0.4 is 5.32 Å². The molecule has 0 saturated heterocycles. The van der Waals surface area contributed by atoms with Gasteiger partial charge in [-0.25, -0.2) is 0 Å². The Morgan fingerprint density at radius 3 is 2.89 bits per heavy atom. The highest BCUT2D eigenvalue weighted by Crippen LogP contribution is 2.28. The third kappa shape index (κ3) is 2.22. The second-order valence-electron chi connectivity index (χ2n) is 3.92. The second-order valence-corrected chi connectivity index (χ2v) is 4.77. The Hall–Kier alpha value is -2.21. The van der Waals surface area contributed by atoms with Crippen molar-refractivity contribution in [2.24, 2.45) is 0 Å². The number of H-pyrrole nitrogens is 1. The molecule has 0 radical (unpaired) electrons. The molecule has 5 nitrogen and oxygen atoms in total. The van der Waals surface area contributed by atoms with Crippen molar-refractivity contribution in [3.05, 3.63) is 52.9 Å². The first-order valence-electron chi connectivity index (χ1n) is 5.59. The van der Waals surface area contributed by atoms with Gasteiger partial charge in [0.05, 0.1) is 11.2 Å². The number of anilines is 1. The van der Waals surface area contributed by atoms with Crippen LogP contribution in [0.4, 0.5) is 5.69 Å². The number of hydrogen-bond donors (Lipinski definition) is 2. The molecule has 0 atom stereocenters. The van der Waals surface area contributed by atoms with Crippen molar-refractivity contribution in [1.29, 1.82) is 0 Å². The largest absolute Gasteiger partial charge is 0.319 e. The van der Waals surface area contributed by atoms with Crippen LogP contribution in [0.25, 0.3) is 10.9 Å². The van der Waals surface area contributed by atoms with Gasteiger partial charge in [-0.05, 0) is 24.3 Å². The molecule has 0 saturated carbocycles. The van der Waals surface area contributed by atoms with Gasteiger partial charge in [0.15, 0.2) is 0 Å². The highest BCUT2D eigenvalue weighted by molar-refractivity contribution is 9.10. The van der Waals surface area contributed by atoms with Crippen LogP contribution in [0.5, 0.6) is 0 Å². The zero-order chi connectivity index (χ0) is 13.2. The number of carbonyl (C=O) groups is 1. The van der Waals surface area contributed by atoms with E-state index in [2.05, 4.69) is 36.4 Å². The highest BCUT2D eigenvalue weighted by atomic mass is 79.9. The number of rotatable bonds is 2. The smallest absolute Gasteiger partial charge is 0.273 e. The fourth-order valence-electron chi connectivity index (χ4n) is 1.81. The Morgan fingerprint density at radius 2 is 2.11 bits per heavy atom. The molecule has 0 spiro atoms. The fraction of sp³-hybridized carbons (Fsp3) is 0. The lowest BCUT2D eigenvalue weighted by Gasteiger charge is -2.08. The maximum atomic E-state index is 12.0. The molecule has 1 aromatic carbocycles. The van der Waals surface area contributed by atoms with Crippen molar-refractivity contribution >= 4 is 38.4 Å². The minimum Gasteiger partial charge on any atom is -0.319 e. The van der Waals surface area contributed by atoms with E-state index in [9.17, 15) is 4.79 Å². The van der Waals surface area contributed by atoms with E-state index in [1.807, 2.05) is 24.3 Å². The monoisotopic (exact) mass is 316 g/mol. The van der Waals surface area contributed by atoms with E-state index in [0.717, 1.165) is 15.4 Å². The molecule has 0 fully saturated rings. The van der Waals surface area contributed by atoms with Crippen molar-refractivity contribution in [1.82, 2.24) is 15.2 Å². The van der Waals surface area contributed by atoms with Crippen molar-refractivity contribution < 1.29 is 4.79 Å². The number of carbonyl (C=O) groups excluding carboxylic acids is 1. The molecule has 19 heavy (non-hydrogen) atoms. The minimum atomic E-state index is -0.244. The molecule has 0 aliphatic carbocycles. The number of aromatic nitrogens is 3. The van der Waals surface area contributed by atoms with E-state index in [1.54, 1.807) is 12.3 Å². The molecule has 0 unspecified atom stereocenters. The maximum Gasteiger partial charge on any atom is 0.273 e. The zero-order valence-corrected chi connectivity index (χ0v) is 11.3. The lowest BCUT2D eigenvalue weighted by Crippen LogP contribution is -2.12. The van der Waals surface area contributed by atoms with Crippen molar-refractivity contribution in [2.45, 2.75) is 0 Å². The number of halogens is 1. The van der Waals surface area contributed by atoms with Crippen LogP contribution in [-0.2, 0) is 0 Å². The Bertz CT molecular complexity index is 739. The molecule has 0 aliphatic heterocycles. The summed E-state index contributed by atoms with van der Waals surface area (Å²) in [6.07, 6.45) is 3.23. The van der Waals surface area contributed by atoms with Crippen LogP contribution in [0, 0.1) is 0 Å². The van der Waals surface area contributed by atoms with Gasteiger partial charge in [0.25, 0.3) is 5.91 Å². The fourth-order valence-corrected chi connectivity index (χ4v) is 2.26. The first-order chi connectivity index (χ1) is 9.25. The van der Waals surface area contributed by atoms with Crippen molar-refractivity contribution in [3.63, 3.8) is 0 Å². The van der Waals surface area contributed by atoms with E-state index in [4.69, 9.17) is 0 Å². The summed E-state index contributed by atoms with van der Waals surface area (Å²) in [5.41, 5.74) is 1.81. The van der Waals surface area contributed by atoms with Crippen LogP contribution in [-0.4, -0.2) is 21.1 Å². The van der Waals surface area contributed by atoms with E-state index >= 15 is 0 Å². The number of nitrogens with zero attached hydrogens (tertiary/aromatic N) is 2. The molecular formula is C13H9BrN4O. The third-order valence-electron chi connectivity index (χ3n) is 2.71. The van der Waals surface area contributed by atoms with Gasteiger partial charge in [-0.3, -0.25) is 14.9 Å². The SMILES string of the molecule is O=C(Nc1ccc(Br)c2cccnc12)c1ccn[nH]1. The quantitative estimate of drug-likeness (QED) is 0.763. The summed E-state index contributed by atoms with van der Waals surface area (Å²) in [4.78, 5) is 16.3. The molecule has 2 N–H and O–H groups in total. The van der Waals surface area contributed by atoms with E-state index in [1.165, 1.54) is 6.20 Å². The van der Waals surface area contributed by atoms with Gasteiger partial charge in [0.1, 0.15) is 5.69 Å². The summed E-state index contributed by atoms with van der Waals surface area (Å²) >= 11 is 3.47. The summed E-state index contributed by atoms with van der Waals surface area (Å²) in [5.74, 6) is -0.244. The Kier molecular flexibility index (Phi) is 3.00. The third-order valence-corrected chi connectivity index (χ3v) is 3.40. The van der Waals surface area contributed by atoms with Crippen molar-refractivity contribution in [3.8, 4) is 0 Å². The first-order valence-corrected chi connectivity index (χ1v) is 6.39. The molecule has 3 rings (SSSR count). The minimum absolute atomic E-state index is 0.244. The van der Waals surface area contributed by atoms with Crippen LogP contribution in [0.15, 0.2) is 47.2 Å². The van der Waals surface area contributed by atoms with Gasteiger partial charge >= 0.3 is 0 Å². The maximum absolute atomic E-state index is 12.0. The average molecular weight is 317 g/mol. The average Bonchev–Trinajstić information content (AvgIpc) is 2.96. The summed E-state index contributed by atoms with van der Waals surface area (Å²) in [6.45, 7) is 0. The summed E-state index contributed by atoms with van der Waals surface area (Å²) in [7, 11) is 0. The summed E-state index contributed by atoms with van der Waals surface area (Å²) in [6, 6.07) is 9.11. The number of pyridine rings is 1. The van der Waals surface area contributed by atoms with Crippen LogP contribution in [0.1, 0.15) is 10.5 Å². The Morgan fingerprint density at radius 1 is 1.21 bits per heavy atom. The molecular weight excluding hydrogens is 308 g/mol. The predicted octanol–water partition coefficient (Wildman–Crippen LogP) is 2.97. The lowest BCUT2D eigenvalue weighted by atomic mass is 10.2. The van der Waals surface area contributed by atoms with Gasteiger partial charge in [-0.2, -0.15) is 5.10 Å². The topological polar surface area (TPSA) is 70.7 Å². The molecule has 94 valence electrons. The Balaban J connectivity index is 2.02. The lowest BCUT2D eigenvalue weighted by molar-refractivity contribution is 0.102. The number of amides is 1. The molecule has 0 aliphatic rings. The van der Waals surface area contributed by atoms with Gasteiger partial charge in [-0.1, -0.05) is 22.0 Å². The molecule has 6 heteroatoms. The van der Waals surface area contributed by atoms with Gasteiger partial charge < -0.3 is 5.32 Å². The summed E-state index contributed by atoms with van der Waals surface area (Å²) < 4.78 is 0.940. The Labute approximate surface area is 117 Å². The molecule has 2 aromatic heterocycles. The number of aromatic amines is 1. The van der Waals surface area contributed by atoms with Crippen LogP contribution in [0.2, 0.25) is 0 Å². The number of hydrogen-bond acceptors (Lipinski definition) is 3. The molecule has 2 heterocycles. The number of fused-ring (bicyclic) bond motifs is 1. The van der Waals surface area contributed by atoms with Gasteiger partial charge in [0, 0.05) is 22.3 Å². The molecule has 3 aromatic rings. The normalized spacial score (nSPS) is 10.6. The van der Waals surface area contributed by atoms with Crippen LogP contribution >= 0.6 is 15.9 Å². The van der Waals surface area contributed by atoms with E-state index < -0.39 is 0 Å². The predicted molar refractivity (Wildman–Crippen MR) is 76.0 cm³/mol. The molecule has 0 bridgehead atoms. The van der Waals surface area contributed by atoms with Crippen molar-refractivity contribution in [2.75, 3.05) is 5.32 Å². The van der Waals surface area contributed by atoms with Gasteiger partial charge in [-0.15, -0.1) is 0 Å². The van der Waals surface area contributed by atoms with Crippen LogP contribution in [0.3, 0.4) is 0 Å². The number of nitrogens with one attached hydrogen (secondary N) is 2. The second kappa shape index (κ2) is 4.81. The summed E-state index contributed by atoms with van der Waals surface area (Å²) in [5, 5.41) is 10.1. The van der Waals surface area contributed by atoms with E-state index in [0.29, 0.717) is 11.4 Å². The first kappa shape index (κ1) is 11.9. The highest BCUT2D eigenvalue weighted by Gasteiger charge is 2.11. The van der Waals surface area contributed by atoms with Gasteiger partial charge in [0.2, 0.25) is 0 Å².